The maximum absolute atomic E-state index is 13.3. The Bertz CT molecular complexity index is 1190. The van der Waals surface area contributed by atoms with E-state index in [1.54, 1.807) is 30.3 Å². The molecule has 0 N–H and O–H groups in total. The third-order valence-electron chi connectivity index (χ3n) is 7.71. The molecule has 5 aliphatic rings. The zero-order chi connectivity index (χ0) is 22.9. The minimum atomic E-state index is -0.670. The van der Waals surface area contributed by atoms with Crippen LogP contribution in [0.1, 0.15) is 32.7 Å². The highest BCUT2D eigenvalue weighted by Crippen LogP contribution is 2.65. The van der Waals surface area contributed by atoms with Crippen molar-refractivity contribution in [3.8, 4) is 0 Å². The lowest BCUT2D eigenvalue weighted by Crippen LogP contribution is -2.40. The number of Topliss-reactive ketones (excluding diaryl/α,β-unsaturated/α-hetero) is 1. The van der Waals surface area contributed by atoms with Crippen molar-refractivity contribution in [2.75, 3.05) is 11.5 Å². The van der Waals surface area contributed by atoms with Crippen molar-refractivity contribution in [3.05, 3.63) is 77.4 Å². The third kappa shape index (κ3) is 3.08. The van der Waals surface area contributed by atoms with Crippen LogP contribution < -0.4 is 4.90 Å². The molecule has 33 heavy (non-hydrogen) atoms. The average Bonchev–Trinajstić information content (AvgIpc) is 3.61. The highest BCUT2D eigenvalue weighted by molar-refractivity contribution is 6.23. The summed E-state index contributed by atoms with van der Waals surface area (Å²) in [7, 11) is 0. The summed E-state index contributed by atoms with van der Waals surface area (Å²) >= 11 is 0. The number of carbonyl (C=O) groups excluding carboxylic acids is 4. The molecule has 2 saturated carbocycles. The van der Waals surface area contributed by atoms with Gasteiger partial charge >= 0.3 is 5.97 Å². The lowest BCUT2D eigenvalue weighted by Gasteiger charge is -2.37. The second-order valence-electron chi connectivity index (χ2n) is 9.58. The largest absolute Gasteiger partial charge is 0.454 e. The van der Waals surface area contributed by atoms with Crippen molar-refractivity contribution in [2.24, 2.45) is 35.5 Å². The molecule has 0 radical (unpaired) electrons. The van der Waals surface area contributed by atoms with E-state index in [4.69, 9.17) is 4.74 Å². The summed E-state index contributed by atoms with van der Waals surface area (Å²) in [5.74, 6) is -0.537. The number of aryl methyl sites for hydroxylation is 1. The van der Waals surface area contributed by atoms with Crippen LogP contribution in [0.25, 0.3) is 0 Å². The lowest BCUT2D eigenvalue weighted by molar-refractivity contribution is -0.124. The molecular weight excluding hydrogens is 418 g/mol. The number of nitrogens with zero attached hydrogens (tertiary/aromatic N) is 1. The number of hydrogen-bond acceptors (Lipinski definition) is 5. The quantitative estimate of drug-likeness (QED) is 0.307. The fourth-order valence-electron chi connectivity index (χ4n) is 6.02. The Labute approximate surface area is 191 Å². The topological polar surface area (TPSA) is 80.8 Å². The molecular formula is C27H23NO5. The van der Waals surface area contributed by atoms with Gasteiger partial charge < -0.3 is 4.74 Å². The first kappa shape index (κ1) is 20.1. The van der Waals surface area contributed by atoms with Gasteiger partial charge in [-0.2, -0.15) is 0 Å². The Morgan fingerprint density at radius 3 is 2.18 bits per heavy atom. The summed E-state index contributed by atoms with van der Waals surface area (Å²) in [6.45, 7) is 1.55. The zero-order valence-electron chi connectivity index (χ0n) is 18.1. The maximum Gasteiger partial charge on any atom is 0.338 e. The molecule has 0 aromatic heterocycles. The van der Waals surface area contributed by atoms with Crippen molar-refractivity contribution in [1.82, 2.24) is 0 Å². The van der Waals surface area contributed by atoms with E-state index < -0.39 is 5.97 Å². The molecule has 0 unspecified atom stereocenters. The summed E-state index contributed by atoms with van der Waals surface area (Å²) in [6, 6.07) is 13.4. The lowest BCUT2D eigenvalue weighted by atomic mass is 9.63. The van der Waals surface area contributed by atoms with Gasteiger partial charge in [-0.1, -0.05) is 48.0 Å². The monoisotopic (exact) mass is 441 g/mol. The number of allylic oxidation sites excluding steroid dienone is 2. The SMILES string of the molecule is Cc1ccc(C(=O)COC(=O)c2cccc(N3C(=O)[C@@H]4[C@@H]5C=C[C@H]([C@H]6C[C@H]56)[C@@H]4C3=O)c2)cc1. The Morgan fingerprint density at radius 2 is 1.55 bits per heavy atom. The zero-order valence-corrected chi connectivity index (χ0v) is 18.1. The number of ketones is 1. The number of carbonyl (C=O) groups is 4. The van der Waals surface area contributed by atoms with Crippen LogP contribution in [-0.2, 0) is 14.3 Å². The molecule has 1 saturated heterocycles. The maximum atomic E-state index is 13.3. The van der Waals surface area contributed by atoms with E-state index in [2.05, 4.69) is 12.2 Å². The van der Waals surface area contributed by atoms with Crippen LogP contribution in [0.4, 0.5) is 5.69 Å². The van der Waals surface area contributed by atoms with Gasteiger partial charge in [0, 0.05) is 5.56 Å². The number of imide groups is 1. The van der Waals surface area contributed by atoms with Crippen LogP contribution in [0.5, 0.6) is 0 Å². The molecule has 4 aliphatic carbocycles. The Hall–Kier alpha value is -3.54. The number of benzene rings is 2. The van der Waals surface area contributed by atoms with E-state index in [1.165, 1.54) is 11.0 Å². The minimum Gasteiger partial charge on any atom is -0.454 e. The van der Waals surface area contributed by atoms with Crippen molar-refractivity contribution >= 4 is 29.3 Å². The van der Waals surface area contributed by atoms with E-state index in [1.807, 2.05) is 19.1 Å². The van der Waals surface area contributed by atoms with E-state index in [0.29, 0.717) is 23.1 Å². The normalized spacial score (nSPS) is 30.8. The van der Waals surface area contributed by atoms with Gasteiger partial charge in [0.1, 0.15) is 0 Å². The standard InChI is InChI=1S/C27H23NO5/c1-14-5-7-15(8-6-14)22(29)13-33-27(32)16-3-2-4-17(11-16)28-25(30)23-18-9-10-19(21-12-20(18)21)24(23)26(28)31/h2-11,18-21,23-24H,12-13H2,1H3/t18-,19-,20-,21-,23-,24+/m1/s1. The highest BCUT2D eigenvalue weighted by atomic mass is 16.5. The Kier molecular flexibility index (Phi) is 4.41. The average molecular weight is 441 g/mol. The summed E-state index contributed by atoms with van der Waals surface area (Å²) in [4.78, 5) is 52.8. The predicted molar refractivity (Wildman–Crippen MR) is 119 cm³/mol. The van der Waals surface area contributed by atoms with Gasteiger partial charge in [-0.15, -0.1) is 0 Å². The van der Waals surface area contributed by atoms with Crippen LogP contribution in [-0.4, -0.2) is 30.2 Å². The van der Waals surface area contributed by atoms with Gasteiger partial charge in [0.05, 0.1) is 23.1 Å². The van der Waals surface area contributed by atoms with Gasteiger partial charge in [-0.25, -0.2) is 9.69 Å². The molecule has 2 bridgehead atoms. The fourth-order valence-corrected chi connectivity index (χ4v) is 6.02. The van der Waals surface area contributed by atoms with E-state index in [0.717, 1.165) is 12.0 Å². The number of amides is 2. The molecule has 3 fully saturated rings. The van der Waals surface area contributed by atoms with Crippen molar-refractivity contribution in [3.63, 3.8) is 0 Å². The Balaban J connectivity index is 1.18. The smallest absolute Gasteiger partial charge is 0.338 e. The van der Waals surface area contributed by atoms with Crippen LogP contribution in [0.3, 0.4) is 0 Å². The number of anilines is 1. The van der Waals surface area contributed by atoms with Gasteiger partial charge in [0.2, 0.25) is 11.8 Å². The first-order chi connectivity index (χ1) is 15.9. The van der Waals surface area contributed by atoms with Gasteiger partial charge in [-0.3, -0.25) is 14.4 Å². The van der Waals surface area contributed by atoms with E-state index in [9.17, 15) is 19.2 Å². The van der Waals surface area contributed by atoms with Gasteiger partial charge in [0.15, 0.2) is 12.4 Å². The van der Waals surface area contributed by atoms with Gasteiger partial charge in [0.25, 0.3) is 0 Å². The molecule has 6 nitrogen and oxygen atoms in total. The molecule has 6 atom stereocenters. The predicted octanol–water partition coefficient (Wildman–Crippen LogP) is 3.59. The number of esters is 1. The molecule has 166 valence electrons. The molecule has 2 aromatic carbocycles. The molecule has 7 rings (SSSR count). The Morgan fingerprint density at radius 1 is 0.909 bits per heavy atom. The van der Waals surface area contributed by atoms with Crippen molar-refractivity contribution in [1.29, 1.82) is 0 Å². The molecule has 0 spiro atoms. The number of rotatable bonds is 5. The minimum absolute atomic E-state index is 0.146. The molecule has 1 heterocycles. The second-order valence-corrected chi connectivity index (χ2v) is 9.58. The summed E-state index contributed by atoms with van der Waals surface area (Å²) in [5, 5.41) is 0. The summed E-state index contributed by atoms with van der Waals surface area (Å²) in [6.07, 6.45) is 5.37. The van der Waals surface area contributed by atoms with Crippen LogP contribution in [0.15, 0.2) is 60.7 Å². The molecule has 6 heteroatoms. The number of hydrogen-bond donors (Lipinski definition) is 0. The van der Waals surface area contributed by atoms with Crippen LogP contribution in [0.2, 0.25) is 0 Å². The van der Waals surface area contributed by atoms with E-state index >= 15 is 0 Å². The second kappa shape index (κ2) is 7.24. The molecule has 2 amide bonds. The van der Waals surface area contributed by atoms with Crippen molar-refractivity contribution < 1.29 is 23.9 Å². The van der Waals surface area contributed by atoms with Crippen LogP contribution >= 0.6 is 0 Å². The van der Waals surface area contributed by atoms with Gasteiger partial charge in [-0.05, 0) is 55.2 Å². The van der Waals surface area contributed by atoms with Crippen molar-refractivity contribution in [2.45, 2.75) is 13.3 Å². The van der Waals surface area contributed by atoms with E-state index in [-0.39, 0.29) is 53.4 Å². The molecule has 2 aromatic rings. The molecule has 1 aliphatic heterocycles. The fraction of sp³-hybridized carbons (Fsp3) is 0.333. The first-order valence-corrected chi connectivity index (χ1v) is 11.4. The highest BCUT2D eigenvalue weighted by Gasteiger charge is 2.67. The number of ether oxygens (including phenoxy) is 1. The summed E-state index contributed by atoms with van der Waals surface area (Å²) < 4.78 is 5.22. The third-order valence-corrected chi connectivity index (χ3v) is 7.71. The first-order valence-electron chi connectivity index (χ1n) is 11.4. The van der Waals surface area contributed by atoms with Crippen LogP contribution in [0, 0.1) is 42.4 Å². The summed E-state index contributed by atoms with van der Waals surface area (Å²) in [5.41, 5.74) is 2.08.